The van der Waals surface area contributed by atoms with Crippen LogP contribution >= 0.6 is 27.5 Å². The maximum Gasteiger partial charge on any atom is 0.255 e. The molecule has 2 aromatic carbocycles. The van der Waals surface area contributed by atoms with Crippen molar-refractivity contribution in [2.24, 2.45) is 0 Å². The van der Waals surface area contributed by atoms with Gasteiger partial charge in [-0.15, -0.1) is 0 Å². The van der Waals surface area contributed by atoms with Gasteiger partial charge >= 0.3 is 0 Å². The highest BCUT2D eigenvalue weighted by Crippen LogP contribution is 2.30. The summed E-state index contributed by atoms with van der Waals surface area (Å²) in [6.45, 7) is 2.87. The summed E-state index contributed by atoms with van der Waals surface area (Å²) in [6.07, 6.45) is 0. The van der Waals surface area contributed by atoms with Gasteiger partial charge in [0.25, 0.3) is 5.91 Å². The van der Waals surface area contributed by atoms with Crippen LogP contribution in [0.5, 0.6) is 0 Å². The number of anilines is 2. The molecule has 0 aromatic heterocycles. The van der Waals surface area contributed by atoms with Crippen molar-refractivity contribution in [3.8, 4) is 0 Å². The Kier molecular flexibility index (Phi) is 5.04. The van der Waals surface area contributed by atoms with Gasteiger partial charge in [-0.2, -0.15) is 0 Å². The number of amides is 1. The van der Waals surface area contributed by atoms with Gasteiger partial charge in [0.15, 0.2) is 0 Å². The predicted molar refractivity (Wildman–Crippen MR) is 87.7 cm³/mol. The van der Waals surface area contributed by atoms with Crippen molar-refractivity contribution in [2.45, 2.75) is 6.92 Å². The van der Waals surface area contributed by atoms with Crippen LogP contribution in [0.3, 0.4) is 0 Å². The fraction of sp³-hybridized carbons (Fsp3) is 0.133. The number of rotatable bonds is 4. The molecule has 0 aliphatic heterocycles. The summed E-state index contributed by atoms with van der Waals surface area (Å²) in [5.41, 5.74) is 2.24. The van der Waals surface area contributed by atoms with Crippen LogP contribution in [0.1, 0.15) is 17.3 Å². The van der Waals surface area contributed by atoms with Gasteiger partial charge in [0, 0.05) is 17.8 Å². The number of nitrogens with one attached hydrogen (secondary N) is 2. The van der Waals surface area contributed by atoms with E-state index < -0.39 is 0 Å². The molecule has 2 aromatic rings. The Balaban J connectivity index is 2.13. The number of benzene rings is 2. The summed E-state index contributed by atoms with van der Waals surface area (Å²) in [7, 11) is 0. The average Bonchev–Trinajstić information content (AvgIpc) is 2.45. The van der Waals surface area contributed by atoms with Crippen LogP contribution in [0.4, 0.5) is 11.4 Å². The van der Waals surface area contributed by atoms with Crippen molar-refractivity contribution < 1.29 is 4.79 Å². The van der Waals surface area contributed by atoms with Crippen LogP contribution in [0.2, 0.25) is 5.02 Å². The number of hydrogen-bond donors (Lipinski definition) is 2. The molecule has 0 saturated heterocycles. The van der Waals surface area contributed by atoms with Gasteiger partial charge in [0.05, 0.1) is 15.2 Å². The summed E-state index contributed by atoms with van der Waals surface area (Å²) in [4.78, 5) is 12.2. The summed E-state index contributed by atoms with van der Waals surface area (Å²) in [5.74, 6) is -0.170. The Morgan fingerprint density at radius 1 is 1.20 bits per heavy atom. The second-order valence-corrected chi connectivity index (χ2v) is 5.36. The fourth-order valence-corrected chi connectivity index (χ4v) is 2.28. The lowest BCUT2D eigenvalue weighted by molar-refractivity contribution is 0.102. The second-order valence-electron chi connectivity index (χ2n) is 4.16. The molecule has 104 valence electrons. The van der Waals surface area contributed by atoms with Gasteiger partial charge in [-0.1, -0.05) is 17.7 Å². The van der Waals surface area contributed by atoms with E-state index in [0.29, 0.717) is 20.7 Å². The molecule has 0 radical (unpaired) electrons. The normalized spacial score (nSPS) is 10.2. The van der Waals surface area contributed by atoms with Crippen molar-refractivity contribution in [3.05, 3.63) is 57.5 Å². The summed E-state index contributed by atoms with van der Waals surface area (Å²) in [5, 5.41) is 6.57. The molecule has 0 bridgehead atoms. The Bertz CT molecular complexity index is 614. The van der Waals surface area contributed by atoms with Crippen LogP contribution in [-0.4, -0.2) is 12.5 Å². The van der Waals surface area contributed by atoms with E-state index in [4.69, 9.17) is 11.6 Å². The molecule has 5 heteroatoms. The predicted octanol–water partition coefficient (Wildman–Crippen LogP) is 4.79. The summed E-state index contributed by atoms with van der Waals surface area (Å²) >= 11 is 9.35. The van der Waals surface area contributed by atoms with E-state index >= 15 is 0 Å². The van der Waals surface area contributed by atoms with Gasteiger partial charge in [0.1, 0.15) is 0 Å². The molecule has 2 N–H and O–H groups in total. The molecule has 0 unspecified atom stereocenters. The summed E-state index contributed by atoms with van der Waals surface area (Å²) in [6, 6.07) is 12.7. The van der Waals surface area contributed by atoms with Crippen LogP contribution in [0, 0.1) is 0 Å². The lowest BCUT2D eigenvalue weighted by Gasteiger charge is -2.09. The zero-order chi connectivity index (χ0) is 14.5. The Labute approximate surface area is 131 Å². The first kappa shape index (κ1) is 14.9. The maximum atomic E-state index is 12.2. The minimum absolute atomic E-state index is 0.170. The van der Waals surface area contributed by atoms with E-state index in [1.807, 2.05) is 19.1 Å². The zero-order valence-corrected chi connectivity index (χ0v) is 13.3. The lowest BCUT2D eigenvalue weighted by atomic mass is 10.2. The highest BCUT2D eigenvalue weighted by Gasteiger charge is 2.09. The molecule has 2 rings (SSSR count). The SMILES string of the molecule is CCNc1ccc(C(=O)Nc2cccc(Cl)c2Br)cc1. The average molecular weight is 354 g/mol. The van der Waals surface area contributed by atoms with E-state index in [1.54, 1.807) is 30.3 Å². The van der Waals surface area contributed by atoms with Crippen LogP contribution in [-0.2, 0) is 0 Å². The number of carbonyl (C=O) groups excluding carboxylic acids is 1. The third-order valence-electron chi connectivity index (χ3n) is 2.73. The monoisotopic (exact) mass is 352 g/mol. The van der Waals surface area contributed by atoms with E-state index in [-0.39, 0.29) is 5.91 Å². The van der Waals surface area contributed by atoms with E-state index in [1.165, 1.54) is 0 Å². The van der Waals surface area contributed by atoms with Crippen molar-refractivity contribution in [2.75, 3.05) is 17.2 Å². The maximum absolute atomic E-state index is 12.2. The van der Waals surface area contributed by atoms with Crippen molar-refractivity contribution in [1.29, 1.82) is 0 Å². The van der Waals surface area contributed by atoms with E-state index in [2.05, 4.69) is 26.6 Å². The second kappa shape index (κ2) is 6.77. The largest absolute Gasteiger partial charge is 0.385 e. The molecule has 0 spiro atoms. The molecule has 0 fully saturated rings. The van der Waals surface area contributed by atoms with E-state index in [0.717, 1.165) is 12.2 Å². The molecular formula is C15H14BrClN2O. The van der Waals surface area contributed by atoms with Crippen LogP contribution in [0.25, 0.3) is 0 Å². The molecule has 3 nitrogen and oxygen atoms in total. The Morgan fingerprint density at radius 2 is 1.90 bits per heavy atom. The van der Waals surface area contributed by atoms with Gasteiger partial charge in [-0.3, -0.25) is 4.79 Å². The molecule has 20 heavy (non-hydrogen) atoms. The molecule has 0 aliphatic rings. The third-order valence-corrected chi connectivity index (χ3v) is 4.13. The minimum atomic E-state index is -0.170. The van der Waals surface area contributed by atoms with Gasteiger partial charge < -0.3 is 10.6 Å². The molecule has 0 saturated carbocycles. The first-order valence-electron chi connectivity index (χ1n) is 6.21. The van der Waals surface area contributed by atoms with Crippen molar-refractivity contribution in [1.82, 2.24) is 0 Å². The fourth-order valence-electron chi connectivity index (χ4n) is 1.74. The van der Waals surface area contributed by atoms with Crippen LogP contribution < -0.4 is 10.6 Å². The van der Waals surface area contributed by atoms with Gasteiger partial charge in [-0.25, -0.2) is 0 Å². The van der Waals surface area contributed by atoms with Crippen LogP contribution in [0.15, 0.2) is 46.9 Å². The summed E-state index contributed by atoms with van der Waals surface area (Å²) < 4.78 is 0.680. The first-order valence-corrected chi connectivity index (χ1v) is 7.38. The third kappa shape index (κ3) is 3.52. The first-order chi connectivity index (χ1) is 9.61. The Hall–Kier alpha value is -1.52. The van der Waals surface area contributed by atoms with Gasteiger partial charge in [0.2, 0.25) is 0 Å². The van der Waals surface area contributed by atoms with Gasteiger partial charge in [-0.05, 0) is 59.3 Å². The number of carbonyl (C=O) groups is 1. The van der Waals surface area contributed by atoms with E-state index in [9.17, 15) is 4.79 Å². The molecular weight excluding hydrogens is 340 g/mol. The number of halogens is 2. The zero-order valence-electron chi connectivity index (χ0n) is 10.9. The minimum Gasteiger partial charge on any atom is -0.385 e. The number of hydrogen-bond acceptors (Lipinski definition) is 2. The standard InChI is InChI=1S/C15H14BrClN2O/c1-2-18-11-8-6-10(7-9-11)15(20)19-13-5-3-4-12(17)14(13)16/h3-9,18H,2H2,1H3,(H,19,20). The molecule has 0 atom stereocenters. The molecule has 1 amide bonds. The highest BCUT2D eigenvalue weighted by atomic mass is 79.9. The lowest BCUT2D eigenvalue weighted by Crippen LogP contribution is -2.12. The van der Waals surface area contributed by atoms with Crippen molar-refractivity contribution >= 4 is 44.8 Å². The quantitative estimate of drug-likeness (QED) is 0.830. The molecule has 0 aliphatic carbocycles. The Morgan fingerprint density at radius 3 is 2.55 bits per heavy atom. The topological polar surface area (TPSA) is 41.1 Å². The molecule has 0 heterocycles. The smallest absolute Gasteiger partial charge is 0.255 e. The van der Waals surface area contributed by atoms with Crippen molar-refractivity contribution in [3.63, 3.8) is 0 Å². The highest BCUT2D eigenvalue weighted by molar-refractivity contribution is 9.10.